The molecule has 9 heteroatoms. The topological polar surface area (TPSA) is 75.7 Å². The van der Waals surface area contributed by atoms with Crippen molar-refractivity contribution in [3.8, 4) is 0 Å². The third kappa shape index (κ3) is 5.34. The molecule has 6 nitrogen and oxygen atoms in total. The summed E-state index contributed by atoms with van der Waals surface area (Å²) in [6, 6.07) is 2.69. The van der Waals surface area contributed by atoms with Gasteiger partial charge in [0.1, 0.15) is 9.81 Å². The number of amides is 1. The number of nitrogens with one attached hydrogen (secondary N) is 1. The fourth-order valence-corrected chi connectivity index (χ4v) is 5.05. The van der Waals surface area contributed by atoms with Crippen LogP contribution in [-0.4, -0.2) is 44.1 Å². The molecule has 130 valence electrons. The molecule has 0 spiro atoms. The minimum atomic E-state index is -3.62. The van der Waals surface area contributed by atoms with Crippen LogP contribution in [0.4, 0.5) is 4.79 Å². The number of halogens is 1. The van der Waals surface area contributed by atoms with Crippen molar-refractivity contribution in [3.63, 3.8) is 0 Å². The smallest absolute Gasteiger partial charge is 0.410 e. The van der Waals surface area contributed by atoms with E-state index in [0.717, 1.165) is 17.8 Å². The summed E-state index contributed by atoms with van der Waals surface area (Å²) in [6.07, 6.45) is 0.982. The number of ether oxygens (including phenoxy) is 1. The summed E-state index contributed by atoms with van der Waals surface area (Å²) in [7, 11) is -3.62. The number of hydrogen-bond donors (Lipinski definition) is 1. The Balaban J connectivity index is 2.00. The Morgan fingerprint density at radius 2 is 2.13 bits per heavy atom. The summed E-state index contributed by atoms with van der Waals surface area (Å²) in [6.45, 7) is 6.27. The van der Waals surface area contributed by atoms with E-state index >= 15 is 0 Å². The van der Waals surface area contributed by atoms with E-state index in [1.807, 2.05) is 0 Å². The van der Waals surface area contributed by atoms with Crippen molar-refractivity contribution in [2.75, 3.05) is 13.1 Å². The van der Waals surface area contributed by atoms with E-state index in [2.05, 4.69) is 4.72 Å². The lowest BCUT2D eigenvalue weighted by atomic mass is 10.1. The maximum Gasteiger partial charge on any atom is 0.410 e. The van der Waals surface area contributed by atoms with Gasteiger partial charge in [-0.1, -0.05) is 11.6 Å². The molecule has 0 saturated carbocycles. The average Bonchev–Trinajstić information content (AvgIpc) is 2.84. The van der Waals surface area contributed by atoms with E-state index in [-0.39, 0.29) is 10.3 Å². The van der Waals surface area contributed by atoms with Crippen LogP contribution in [0.1, 0.15) is 33.6 Å². The van der Waals surface area contributed by atoms with Gasteiger partial charge in [-0.05, 0) is 45.7 Å². The molecule has 1 saturated heterocycles. The Hall–Kier alpha value is -0.830. The van der Waals surface area contributed by atoms with Crippen molar-refractivity contribution < 1.29 is 17.9 Å². The number of likely N-dealkylation sites (tertiary alicyclic amines) is 1. The molecule has 1 aromatic rings. The van der Waals surface area contributed by atoms with Crippen molar-refractivity contribution in [3.05, 3.63) is 16.5 Å². The van der Waals surface area contributed by atoms with Crippen molar-refractivity contribution in [1.29, 1.82) is 0 Å². The third-order valence-electron chi connectivity index (χ3n) is 3.21. The zero-order chi connectivity index (χ0) is 17.3. The van der Waals surface area contributed by atoms with Gasteiger partial charge >= 0.3 is 6.09 Å². The molecule has 2 heterocycles. The number of thiophene rings is 1. The number of hydrogen-bond acceptors (Lipinski definition) is 5. The van der Waals surface area contributed by atoms with E-state index < -0.39 is 21.7 Å². The van der Waals surface area contributed by atoms with E-state index in [0.29, 0.717) is 23.8 Å². The van der Waals surface area contributed by atoms with Gasteiger partial charge < -0.3 is 9.64 Å². The largest absolute Gasteiger partial charge is 0.444 e. The van der Waals surface area contributed by atoms with Crippen LogP contribution in [0.25, 0.3) is 0 Å². The van der Waals surface area contributed by atoms with Crippen LogP contribution in [0.5, 0.6) is 0 Å². The first kappa shape index (κ1) is 18.5. The molecule has 1 amide bonds. The second-order valence-electron chi connectivity index (χ2n) is 6.45. The number of carbonyl (C=O) groups is 1. The lowest BCUT2D eigenvalue weighted by molar-refractivity contribution is 0.0195. The highest BCUT2D eigenvalue weighted by Gasteiger charge is 2.30. The Kier molecular flexibility index (Phi) is 5.60. The highest BCUT2D eigenvalue weighted by molar-refractivity contribution is 7.91. The molecular formula is C14H21ClN2O4S2. The molecule has 0 aliphatic carbocycles. The molecule has 23 heavy (non-hydrogen) atoms. The van der Waals surface area contributed by atoms with Crippen LogP contribution in [-0.2, 0) is 14.8 Å². The van der Waals surface area contributed by atoms with Crippen molar-refractivity contribution in [1.82, 2.24) is 9.62 Å². The highest BCUT2D eigenvalue weighted by Crippen LogP contribution is 2.26. The zero-order valence-corrected chi connectivity index (χ0v) is 15.7. The van der Waals surface area contributed by atoms with Crippen molar-refractivity contribution in [2.45, 2.75) is 49.5 Å². The standard InChI is InChI=1S/C14H21ClN2O4S2/c1-14(2,3)21-13(18)17-8-4-5-10(9-17)16-23(19,20)12-7-6-11(15)22-12/h6-7,10,16H,4-5,8-9H2,1-3H3/t10-/m0/s1. The predicted molar refractivity (Wildman–Crippen MR) is 90.5 cm³/mol. The minimum absolute atomic E-state index is 0.178. The van der Waals surface area contributed by atoms with Gasteiger partial charge in [-0.15, -0.1) is 11.3 Å². The van der Waals surface area contributed by atoms with E-state index in [4.69, 9.17) is 16.3 Å². The minimum Gasteiger partial charge on any atom is -0.444 e. The first-order chi connectivity index (χ1) is 10.6. The maximum atomic E-state index is 12.3. The molecule has 0 unspecified atom stereocenters. The first-order valence-corrected chi connectivity index (χ1v) is 10.0. The number of nitrogens with zero attached hydrogens (tertiary/aromatic N) is 1. The van der Waals surface area contributed by atoms with Gasteiger partial charge in [0.25, 0.3) is 0 Å². The lowest BCUT2D eigenvalue weighted by Crippen LogP contribution is -2.50. The maximum absolute atomic E-state index is 12.3. The normalized spacial score (nSPS) is 19.7. The lowest BCUT2D eigenvalue weighted by Gasteiger charge is -2.34. The van der Waals surface area contributed by atoms with Gasteiger partial charge in [0, 0.05) is 19.1 Å². The van der Waals surface area contributed by atoms with Crippen molar-refractivity contribution >= 4 is 39.1 Å². The molecule has 0 aromatic carbocycles. The summed E-state index contributed by atoms with van der Waals surface area (Å²) < 4.78 is 33.2. The summed E-state index contributed by atoms with van der Waals surface area (Å²) in [5.74, 6) is 0. The van der Waals surface area contributed by atoms with Crippen LogP contribution in [0.2, 0.25) is 4.34 Å². The van der Waals surface area contributed by atoms with Gasteiger partial charge in [-0.2, -0.15) is 0 Å². The molecular weight excluding hydrogens is 360 g/mol. The SMILES string of the molecule is CC(C)(C)OC(=O)N1CCC[C@H](NS(=O)(=O)c2ccc(Cl)s2)C1. The summed E-state index contributed by atoms with van der Waals surface area (Å²) in [5, 5.41) is 0. The van der Waals surface area contributed by atoms with E-state index in [1.54, 1.807) is 31.7 Å². The predicted octanol–water partition coefficient (Wildman–Crippen LogP) is 3.08. The van der Waals surface area contributed by atoms with Gasteiger partial charge in [-0.25, -0.2) is 17.9 Å². The first-order valence-electron chi connectivity index (χ1n) is 7.32. The van der Waals surface area contributed by atoms with Gasteiger partial charge in [0.2, 0.25) is 10.0 Å². The van der Waals surface area contributed by atoms with E-state index in [9.17, 15) is 13.2 Å². The average molecular weight is 381 g/mol. The fraction of sp³-hybridized carbons (Fsp3) is 0.643. The van der Waals surface area contributed by atoms with E-state index in [1.165, 1.54) is 6.07 Å². The van der Waals surface area contributed by atoms with Gasteiger partial charge in [0.05, 0.1) is 4.34 Å². The Morgan fingerprint density at radius 1 is 1.43 bits per heavy atom. The van der Waals surface area contributed by atoms with Crippen LogP contribution < -0.4 is 4.72 Å². The van der Waals surface area contributed by atoms with Gasteiger partial charge in [-0.3, -0.25) is 0 Å². The zero-order valence-electron chi connectivity index (χ0n) is 13.3. The van der Waals surface area contributed by atoms with Crippen molar-refractivity contribution in [2.24, 2.45) is 0 Å². The molecule has 0 radical (unpaired) electrons. The molecule has 1 aliphatic heterocycles. The fourth-order valence-electron chi connectivity index (χ4n) is 2.29. The van der Waals surface area contributed by atoms with Crippen LogP contribution in [0.3, 0.4) is 0 Å². The number of sulfonamides is 1. The summed E-state index contributed by atoms with van der Waals surface area (Å²) >= 11 is 6.80. The van der Waals surface area contributed by atoms with Crippen LogP contribution >= 0.6 is 22.9 Å². The Bertz CT molecular complexity index is 667. The molecule has 1 fully saturated rings. The molecule has 2 rings (SSSR count). The highest BCUT2D eigenvalue weighted by atomic mass is 35.5. The number of piperidine rings is 1. The second kappa shape index (κ2) is 6.96. The molecule has 1 N–H and O–H groups in total. The molecule has 0 bridgehead atoms. The summed E-state index contributed by atoms with van der Waals surface area (Å²) in [4.78, 5) is 13.7. The molecule has 1 atom stereocenters. The van der Waals surface area contributed by atoms with Crippen LogP contribution in [0, 0.1) is 0 Å². The Morgan fingerprint density at radius 3 is 2.70 bits per heavy atom. The molecule has 1 aliphatic rings. The summed E-state index contributed by atoms with van der Waals surface area (Å²) in [5.41, 5.74) is -0.572. The van der Waals surface area contributed by atoms with Gasteiger partial charge in [0.15, 0.2) is 0 Å². The number of rotatable bonds is 3. The Labute approximate surface area is 145 Å². The third-order valence-corrected chi connectivity index (χ3v) is 6.45. The quantitative estimate of drug-likeness (QED) is 0.874. The van der Waals surface area contributed by atoms with Crippen LogP contribution in [0.15, 0.2) is 16.3 Å². The molecule has 1 aromatic heterocycles. The number of carbonyl (C=O) groups excluding carboxylic acids is 1. The second-order valence-corrected chi connectivity index (χ2v) is 10.1. The monoisotopic (exact) mass is 380 g/mol.